The molecule has 0 unspecified atom stereocenters. The van der Waals surface area contributed by atoms with Gasteiger partial charge in [-0.05, 0) is 69.1 Å². The molecule has 0 atom stereocenters. The minimum absolute atomic E-state index is 0.0323. The van der Waals surface area contributed by atoms with Crippen LogP contribution < -0.4 is 0 Å². The predicted molar refractivity (Wildman–Crippen MR) is 68.5 cm³/mol. The van der Waals surface area contributed by atoms with Gasteiger partial charge in [0.25, 0.3) is 0 Å². The fraction of sp³-hybridized carbons (Fsp3) is 0.867. The topological polar surface area (TPSA) is 20.2 Å². The summed E-state index contributed by atoms with van der Waals surface area (Å²) in [6.07, 6.45) is 13.2. The summed E-state index contributed by atoms with van der Waals surface area (Å²) in [6.45, 7) is -0.319. The Hall–Kier alpha value is -0.370. The molecule has 0 aromatic heterocycles. The summed E-state index contributed by atoms with van der Waals surface area (Å²) in [5.74, 6) is 2.35. The van der Waals surface area contributed by atoms with Crippen LogP contribution in [0.25, 0.3) is 0 Å². The van der Waals surface area contributed by atoms with Gasteiger partial charge in [0.15, 0.2) is 0 Å². The van der Waals surface area contributed by atoms with E-state index in [4.69, 9.17) is 0 Å². The molecule has 1 N–H and O–H groups in total. The van der Waals surface area contributed by atoms with E-state index in [0.29, 0.717) is 5.92 Å². The van der Waals surface area contributed by atoms with Crippen LogP contribution in [0.1, 0.15) is 51.4 Å². The number of aliphatic hydroxyl groups is 1. The van der Waals surface area contributed by atoms with E-state index < -0.39 is 0 Å². The quantitative estimate of drug-likeness (QED) is 0.742. The third-order valence-electron chi connectivity index (χ3n) is 4.72. The van der Waals surface area contributed by atoms with Crippen molar-refractivity contribution in [3.05, 3.63) is 12.2 Å². The maximum Gasteiger partial charge on any atom is 0.108 e. The summed E-state index contributed by atoms with van der Waals surface area (Å²) in [4.78, 5) is 0. The minimum Gasteiger partial charge on any atom is -0.393 e. The highest BCUT2D eigenvalue weighted by Crippen LogP contribution is 2.40. The molecule has 2 heteroatoms. The van der Waals surface area contributed by atoms with E-state index in [9.17, 15) is 9.50 Å². The summed E-state index contributed by atoms with van der Waals surface area (Å²) in [5, 5.41) is 9.52. The molecule has 1 nitrogen and oxygen atoms in total. The number of alkyl halides is 1. The average Bonchev–Trinajstić information content (AvgIpc) is 2.38. The van der Waals surface area contributed by atoms with E-state index >= 15 is 0 Å². The van der Waals surface area contributed by atoms with Crippen LogP contribution in [0.3, 0.4) is 0 Å². The first-order valence-corrected chi connectivity index (χ1v) is 7.20. The van der Waals surface area contributed by atoms with Crippen molar-refractivity contribution in [2.24, 2.45) is 17.8 Å². The number of allylic oxidation sites excluding steroid dienone is 2. The Kier molecular flexibility index (Phi) is 5.02. The number of halogens is 1. The Balaban J connectivity index is 1.73. The number of hydrogen-bond donors (Lipinski definition) is 1. The van der Waals surface area contributed by atoms with Gasteiger partial charge in [0, 0.05) is 0 Å². The second-order valence-corrected chi connectivity index (χ2v) is 5.83. The summed E-state index contributed by atoms with van der Waals surface area (Å²) >= 11 is 0. The summed E-state index contributed by atoms with van der Waals surface area (Å²) < 4.78 is 12.0. The van der Waals surface area contributed by atoms with Gasteiger partial charge < -0.3 is 5.11 Å². The number of rotatable bonds is 3. The fourth-order valence-electron chi connectivity index (χ4n) is 3.63. The van der Waals surface area contributed by atoms with Gasteiger partial charge in [-0.2, -0.15) is 0 Å². The zero-order valence-electron chi connectivity index (χ0n) is 10.7. The molecule has 2 aliphatic carbocycles. The highest BCUT2D eigenvalue weighted by molar-refractivity contribution is 4.92. The van der Waals surface area contributed by atoms with E-state index in [2.05, 4.69) is 6.08 Å². The zero-order valence-corrected chi connectivity index (χ0v) is 10.7. The van der Waals surface area contributed by atoms with Gasteiger partial charge in [-0.15, -0.1) is 0 Å². The van der Waals surface area contributed by atoms with Crippen molar-refractivity contribution in [1.29, 1.82) is 0 Å². The molecule has 0 radical (unpaired) electrons. The van der Waals surface area contributed by atoms with Crippen LogP contribution in [-0.4, -0.2) is 17.9 Å². The molecule has 17 heavy (non-hydrogen) atoms. The van der Waals surface area contributed by atoms with Crippen LogP contribution in [0.15, 0.2) is 12.2 Å². The Morgan fingerprint density at radius 3 is 1.94 bits per heavy atom. The van der Waals surface area contributed by atoms with Crippen LogP contribution in [0.2, 0.25) is 0 Å². The lowest BCUT2D eigenvalue weighted by atomic mass is 9.70. The van der Waals surface area contributed by atoms with Gasteiger partial charge in [0.1, 0.15) is 6.67 Å². The first kappa shape index (κ1) is 13.1. The Morgan fingerprint density at radius 2 is 1.41 bits per heavy atom. The maximum atomic E-state index is 12.0. The van der Waals surface area contributed by atoms with Gasteiger partial charge in [0.05, 0.1) is 6.10 Å². The standard InChI is InChI=1S/C15H25FO/c16-11-1-2-12-3-5-13(6-4-12)14-7-9-15(17)10-8-14/h1-2,12-15,17H,3-11H2. The second kappa shape index (κ2) is 6.53. The van der Waals surface area contributed by atoms with Crippen molar-refractivity contribution in [1.82, 2.24) is 0 Å². The molecule has 2 fully saturated rings. The van der Waals surface area contributed by atoms with E-state index in [-0.39, 0.29) is 12.8 Å². The van der Waals surface area contributed by atoms with Gasteiger partial charge >= 0.3 is 0 Å². The first-order chi connectivity index (χ1) is 8.29. The second-order valence-electron chi connectivity index (χ2n) is 5.83. The molecule has 0 saturated heterocycles. The largest absolute Gasteiger partial charge is 0.393 e. The van der Waals surface area contributed by atoms with Crippen LogP contribution in [0.5, 0.6) is 0 Å². The lowest BCUT2D eigenvalue weighted by Gasteiger charge is -2.36. The molecule has 0 amide bonds. The van der Waals surface area contributed by atoms with Crippen molar-refractivity contribution in [3.63, 3.8) is 0 Å². The molecule has 0 aliphatic heterocycles. The Labute approximate surface area is 104 Å². The Morgan fingerprint density at radius 1 is 0.882 bits per heavy atom. The summed E-state index contributed by atoms with van der Waals surface area (Å²) in [5.41, 5.74) is 0. The number of aliphatic hydroxyl groups excluding tert-OH is 1. The first-order valence-electron chi connectivity index (χ1n) is 7.20. The molecule has 0 heterocycles. The molecular formula is C15H25FO. The zero-order chi connectivity index (χ0) is 12.1. The predicted octanol–water partition coefficient (Wildman–Crippen LogP) is 3.87. The lowest BCUT2D eigenvalue weighted by Crippen LogP contribution is -2.27. The molecule has 2 saturated carbocycles. The van der Waals surface area contributed by atoms with Crippen LogP contribution in [0, 0.1) is 17.8 Å². The third kappa shape index (κ3) is 3.80. The van der Waals surface area contributed by atoms with Crippen molar-refractivity contribution in [3.8, 4) is 0 Å². The van der Waals surface area contributed by atoms with E-state index in [1.54, 1.807) is 6.08 Å². The minimum atomic E-state index is -0.319. The lowest BCUT2D eigenvalue weighted by molar-refractivity contribution is 0.0793. The smallest absolute Gasteiger partial charge is 0.108 e. The number of hydrogen-bond acceptors (Lipinski definition) is 1. The highest BCUT2D eigenvalue weighted by atomic mass is 19.1. The van der Waals surface area contributed by atoms with Crippen LogP contribution in [0.4, 0.5) is 4.39 Å². The molecule has 0 spiro atoms. The molecular weight excluding hydrogens is 215 g/mol. The van der Waals surface area contributed by atoms with Crippen molar-refractivity contribution < 1.29 is 9.50 Å². The van der Waals surface area contributed by atoms with E-state index in [0.717, 1.165) is 24.7 Å². The molecule has 2 aliphatic rings. The van der Waals surface area contributed by atoms with Gasteiger partial charge in [-0.1, -0.05) is 12.2 Å². The van der Waals surface area contributed by atoms with Crippen molar-refractivity contribution in [2.75, 3.05) is 6.67 Å². The molecule has 98 valence electrons. The highest BCUT2D eigenvalue weighted by Gasteiger charge is 2.29. The van der Waals surface area contributed by atoms with Gasteiger partial charge in [0.2, 0.25) is 0 Å². The average molecular weight is 240 g/mol. The molecule has 0 aromatic carbocycles. The maximum absolute atomic E-state index is 12.0. The van der Waals surface area contributed by atoms with E-state index in [1.165, 1.54) is 38.5 Å². The monoisotopic (exact) mass is 240 g/mol. The fourth-order valence-corrected chi connectivity index (χ4v) is 3.63. The van der Waals surface area contributed by atoms with Crippen LogP contribution in [-0.2, 0) is 0 Å². The van der Waals surface area contributed by atoms with Crippen LogP contribution >= 0.6 is 0 Å². The van der Waals surface area contributed by atoms with Crippen molar-refractivity contribution >= 4 is 0 Å². The molecule has 0 bridgehead atoms. The van der Waals surface area contributed by atoms with Crippen molar-refractivity contribution in [2.45, 2.75) is 57.5 Å². The van der Waals surface area contributed by atoms with Gasteiger partial charge in [-0.3, -0.25) is 0 Å². The SMILES string of the molecule is OC1CCC(C2CCC(C=CCF)CC2)CC1. The molecule has 0 aromatic rings. The third-order valence-corrected chi connectivity index (χ3v) is 4.72. The Bertz CT molecular complexity index is 235. The summed E-state index contributed by atoms with van der Waals surface area (Å²) in [7, 11) is 0. The normalized spacial score (nSPS) is 39.6. The van der Waals surface area contributed by atoms with E-state index in [1.807, 2.05) is 0 Å². The summed E-state index contributed by atoms with van der Waals surface area (Å²) in [6, 6.07) is 0. The molecule has 2 rings (SSSR count). The van der Waals surface area contributed by atoms with Gasteiger partial charge in [-0.25, -0.2) is 4.39 Å².